The number of para-hydroxylation sites is 1. The van der Waals surface area contributed by atoms with Gasteiger partial charge in [0, 0.05) is 23.5 Å². The van der Waals surface area contributed by atoms with Crippen LogP contribution < -0.4 is 10.9 Å². The van der Waals surface area contributed by atoms with Crippen molar-refractivity contribution in [3.8, 4) is 0 Å². The third-order valence-electron chi connectivity index (χ3n) is 4.57. The number of H-pyrrole nitrogens is 1. The number of aromatic amines is 1. The molecule has 2 aromatic carbocycles. The van der Waals surface area contributed by atoms with E-state index in [4.69, 9.17) is 4.74 Å². The first kappa shape index (κ1) is 19.4. The lowest BCUT2D eigenvalue weighted by molar-refractivity contribution is -0.129. The molecule has 0 aliphatic rings. The molecule has 0 spiro atoms. The molecule has 0 saturated carbocycles. The maximum atomic E-state index is 12.5. The Hall–Kier alpha value is -3.41. The minimum Gasteiger partial charge on any atom is -0.449 e. The molecule has 3 aromatic rings. The van der Waals surface area contributed by atoms with Crippen LogP contribution in [0.15, 0.2) is 65.5 Å². The number of aromatic nitrogens is 1. The van der Waals surface area contributed by atoms with Gasteiger partial charge in [-0.05, 0) is 24.5 Å². The summed E-state index contributed by atoms with van der Waals surface area (Å²) in [4.78, 5) is 39.3. The van der Waals surface area contributed by atoms with E-state index in [1.54, 1.807) is 24.3 Å². The number of hydrogen-bond donors (Lipinski definition) is 2. The predicted molar refractivity (Wildman–Crippen MR) is 107 cm³/mol. The second-order valence-electron chi connectivity index (χ2n) is 6.70. The fraction of sp³-hybridized carbons (Fsp3) is 0.227. The average molecular weight is 378 g/mol. The molecule has 6 heteroatoms. The Balaban J connectivity index is 1.64. The Morgan fingerprint density at radius 1 is 1.04 bits per heavy atom. The van der Waals surface area contributed by atoms with Gasteiger partial charge in [-0.15, -0.1) is 0 Å². The van der Waals surface area contributed by atoms with E-state index in [2.05, 4.69) is 10.3 Å². The molecule has 0 aliphatic heterocycles. The molecule has 1 amide bonds. The summed E-state index contributed by atoms with van der Waals surface area (Å²) in [6.07, 6.45) is -0.978. The molecule has 2 N–H and O–H groups in total. The van der Waals surface area contributed by atoms with Crippen molar-refractivity contribution in [1.29, 1.82) is 0 Å². The Morgan fingerprint density at radius 2 is 1.71 bits per heavy atom. The van der Waals surface area contributed by atoms with Crippen LogP contribution in [0.4, 0.5) is 0 Å². The van der Waals surface area contributed by atoms with Crippen molar-refractivity contribution in [3.05, 3.63) is 82.1 Å². The molecule has 1 aromatic heterocycles. The molecule has 0 bridgehead atoms. The van der Waals surface area contributed by atoms with Gasteiger partial charge in [0.25, 0.3) is 5.91 Å². The molecule has 0 radical (unpaired) electrons. The van der Waals surface area contributed by atoms with Crippen LogP contribution in [-0.2, 0) is 9.53 Å². The van der Waals surface area contributed by atoms with Crippen LogP contribution in [0.3, 0.4) is 0 Å². The zero-order valence-electron chi connectivity index (χ0n) is 15.8. The number of pyridine rings is 1. The van der Waals surface area contributed by atoms with Gasteiger partial charge in [-0.3, -0.25) is 9.59 Å². The van der Waals surface area contributed by atoms with Gasteiger partial charge in [-0.25, -0.2) is 4.79 Å². The first-order valence-electron chi connectivity index (χ1n) is 9.11. The number of hydrogen-bond acceptors (Lipinski definition) is 4. The van der Waals surface area contributed by atoms with Gasteiger partial charge in [0.05, 0.1) is 5.56 Å². The zero-order valence-corrected chi connectivity index (χ0v) is 15.8. The lowest BCUT2D eigenvalue weighted by atomic mass is 10.0. The van der Waals surface area contributed by atoms with E-state index in [1.165, 1.54) is 13.0 Å². The van der Waals surface area contributed by atoms with Crippen LogP contribution in [-0.4, -0.2) is 29.5 Å². The van der Waals surface area contributed by atoms with Gasteiger partial charge in [0.15, 0.2) is 6.10 Å². The van der Waals surface area contributed by atoms with Gasteiger partial charge in [-0.2, -0.15) is 0 Å². The van der Waals surface area contributed by atoms with E-state index >= 15 is 0 Å². The van der Waals surface area contributed by atoms with Gasteiger partial charge >= 0.3 is 5.97 Å². The highest BCUT2D eigenvalue weighted by molar-refractivity contribution is 6.03. The molecule has 2 atom stereocenters. The summed E-state index contributed by atoms with van der Waals surface area (Å²) in [5.74, 6) is -0.962. The van der Waals surface area contributed by atoms with Gasteiger partial charge in [-0.1, -0.05) is 55.5 Å². The van der Waals surface area contributed by atoms with E-state index < -0.39 is 17.6 Å². The average Bonchev–Trinajstić information content (AvgIpc) is 2.71. The smallest absolute Gasteiger partial charge is 0.339 e. The minimum atomic E-state index is -0.978. The predicted octanol–water partition coefficient (Wildman–Crippen LogP) is 2.99. The van der Waals surface area contributed by atoms with Crippen molar-refractivity contribution in [2.45, 2.75) is 25.9 Å². The van der Waals surface area contributed by atoms with E-state index in [1.807, 2.05) is 37.3 Å². The maximum Gasteiger partial charge on any atom is 0.339 e. The molecule has 0 unspecified atom stereocenters. The number of amides is 1. The SMILES string of the molecule is C[C@@H](OC(=O)c1cc(=O)[nH]c2ccccc12)C(=O)NC[C@H](C)c1ccccc1. The summed E-state index contributed by atoms with van der Waals surface area (Å²) < 4.78 is 5.30. The molecule has 6 nitrogen and oxygen atoms in total. The lowest BCUT2D eigenvalue weighted by Gasteiger charge is -2.17. The summed E-state index contributed by atoms with van der Waals surface area (Å²) in [7, 11) is 0. The molecule has 144 valence electrons. The topological polar surface area (TPSA) is 88.3 Å². The Bertz CT molecular complexity index is 1040. The van der Waals surface area contributed by atoms with Crippen molar-refractivity contribution in [2.24, 2.45) is 0 Å². The molecule has 3 rings (SSSR count). The van der Waals surface area contributed by atoms with Crippen molar-refractivity contribution >= 4 is 22.8 Å². The summed E-state index contributed by atoms with van der Waals surface area (Å²) in [6.45, 7) is 3.95. The van der Waals surface area contributed by atoms with Gasteiger partial charge in [0.1, 0.15) is 0 Å². The maximum absolute atomic E-state index is 12.5. The van der Waals surface area contributed by atoms with Crippen molar-refractivity contribution < 1.29 is 14.3 Å². The zero-order chi connectivity index (χ0) is 20.1. The monoisotopic (exact) mass is 378 g/mol. The van der Waals surface area contributed by atoms with E-state index in [-0.39, 0.29) is 17.4 Å². The summed E-state index contributed by atoms with van der Waals surface area (Å²) >= 11 is 0. The van der Waals surface area contributed by atoms with Crippen LogP contribution in [0.5, 0.6) is 0 Å². The summed E-state index contributed by atoms with van der Waals surface area (Å²) in [5, 5.41) is 3.37. The highest BCUT2D eigenvalue weighted by Gasteiger charge is 2.21. The normalized spacial score (nSPS) is 12.9. The van der Waals surface area contributed by atoms with Crippen LogP contribution in [0, 0.1) is 0 Å². The Morgan fingerprint density at radius 3 is 2.46 bits per heavy atom. The van der Waals surface area contributed by atoms with Crippen LogP contribution in [0.2, 0.25) is 0 Å². The number of nitrogens with one attached hydrogen (secondary N) is 2. The van der Waals surface area contributed by atoms with E-state index in [0.717, 1.165) is 5.56 Å². The van der Waals surface area contributed by atoms with Crippen LogP contribution >= 0.6 is 0 Å². The second-order valence-corrected chi connectivity index (χ2v) is 6.70. The van der Waals surface area contributed by atoms with Gasteiger partial charge < -0.3 is 15.0 Å². The van der Waals surface area contributed by atoms with Gasteiger partial charge in [0.2, 0.25) is 5.56 Å². The molecule has 28 heavy (non-hydrogen) atoms. The molecule has 0 fully saturated rings. The van der Waals surface area contributed by atoms with Crippen molar-refractivity contribution in [1.82, 2.24) is 10.3 Å². The molecule has 1 heterocycles. The highest BCUT2D eigenvalue weighted by atomic mass is 16.5. The summed E-state index contributed by atoms with van der Waals surface area (Å²) in [6, 6.07) is 18.0. The number of ether oxygens (including phenoxy) is 1. The fourth-order valence-electron chi connectivity index (χ4n) is 2.95. The number of rotatable bonds is 6. The molecular formula is C22H22N2O4. The highest BCUT2D eigenvalue weighted by Crippen LogP contribution is 2.16. The number of benzene rings is 2. The number of fused-ring (bicyclic) bond motifs is 1. The first-order valence-corrected chi connectivity index (χ1v) is 9.11. The van der Waals surface area contributed by atoms with Crippen LogP contribution in [0.25, 0.3) is 10.9 Å². The second kappa shape index (κ2) is 8.52. The standard InChI is InChI=1S/C22H22N2O4/c1-14(16-8-4-3-5-9-16)13-23-21(26)15(2)28-22(27)18-12-20(25)24-19-11-7-6-10-17(18)19/h3-12,14-15H,13H2,1-2H3,(H,23,26)(H,24,25)/t14-,15+/m0/s1. The quantitative estimate of drug-likeness (QED) is 0.646. The number of esters is 1. The third-order valence-corrected chi connectivity index (χ3v) is 4.57. The van der Waals surface area contributed by atoms with Crippen molar-refractivity contribution in [2.75, 3.05) is 6.54 Å². The minimum absolute atomic E-state index is 0.129. The Kier molecular flexibility index (Phi) is 5.89. The summed E-state index contributed by atoms with van der Waals surface area (Å²) in [5.41, 5.74) is 1.38. The van der Waals surface area contributed by atoms with Crippen LogP contribution in [0.1, 0.15) is 35.7 Å². The first-order chi connectivity index (χ1) is 13.5. The molecular weight excluding hydrogens is 356 g/mol. The molecule has 0 aliphatic carbocycles. The lowest BCUT2D eigenvalue weighted by Crippen LogP contribution is -2.37. The van der Waals surface area contributed by atoms with E-state index in [9.17, 15) is 14.4 Å². The van der Waals surface area contributed by atoms with Crippen molar-refractivity contribution in [3.63, 3.8) is 0 Å². The van der Waals surface area contributed by atoms with E-state index in [0.29, 0.717) is 17.4 Å². The third kappa shape index (κ3) is 4.46. The molecule has 0 saturated heterocycles. The Labute approximate surface area is 162 Å². The number of carbonyl (C=O) groups excluding carboxylic acids is 2. The number of carbonyl (C=O) groups is 2. The fourth-order valence-corrected chi connectivity index (χ4v) is 2.95. The largest absolute Gasteiger partial charge is 0.449 e.